The van der Waals surface area contributed by atoms with Gasteiger partial charge in [0.2, 0.25) is 9.84 Å². The van der Waals surface area contributed by atoms with E-state index in [0.717, 1.165) is 0 Å². The van der Waals surface area contributed by atoms with Crippen LogP contribution in [0.25, 0.3) is 0 Å². The molecule has 0 unspecified atom stereocenters. The summed E-state index contributed by atoms with van der Waals surface area (Å²) in [6, 6.07) is 1.44. The second kappa shape index (κ2) is 5.74. The maximum Gasteiger partial charge on any atom is 0.357 e. The van der Waals surface area contributed by atoms with Crippen molar-refractivity contribution in [1.82, 2.24) is 10.2 Å². The Morgan fingerprint density at radius 3 is 2.90 bits per heavy atom. The van der Waals surface area contributed by atoms with Crippen LogP contribution in [0.5, 0.6) is 0 Å². The molecule has 2 rings (SSSR count). The zero-order valence-electron chi connectivity index (χ0n) is 11.3. The molecule has 0 amide bonds. The van der Waals surface area contributed by atoms with Gasteiger partial charge in [-0.2, -0.15) is 5.10 Å². The van der Waals surface area contributed by atoms with Gasteiger partial charge in [-0.15, -0.1) is 11.3 Å². The molecule has 0 aliphatic carbocycles. The molecule has 0 radical (unpaired) electrons. The number of aromatic nitrogens is 2. The molecule has 0 saturated heterocycles. The highest BCUT2D eigenvalue weighted by Gasteiger charge is 2.33. The fourth-order valence-corrected chi connectivity index (χ4v) is 4.49. The highest BCUT2D eigenvalue weighted by atomic mass is 32.2. The smallest absolute Gasteiger partial charge is 0.357 e. The van der Waals surface area contributed by atoms with Gasteiger partial charge in [0, 0.05) is 7.05 Å². The zero-order valence-corrected chi connectivity index (χ0v) is 13.0. The number of nitrogen functional groups attached to an aromatic ring is 1. The van der Waals surface area contributed by atoms with Crippen molar-refractivity contribution in [2.24, 2.45) is 0 Å². The maximum absolute atomic E-state index is 12.7. The minimum Gasteiger partial charge on any atom is -0.461 e. The molecule has 0 saturated carbocycles. The van der Waals surface area contributed by atoms with Crippen molar-refractivity contribution in [2.45, 2.75) is 16.7 Å². The van der Waals surface area contributed by atoms with Crippen molar-refractivity contribution >= 4 is 38.0 Å². The van der Waals surface area contributed by atoms with Crippen LogP contribution in [-0.4, -0.2) is 38.2 Å². The second-order valence-electron chi connectivity index (χ2n) is 3.90. The first kappa shape index (κ1) is 15.3. The van der Waals surface area contributed by atoms with E-state index < -0.39 is 15.8 Å². The Balaban J connectivity index is 2.61. The van der Waals surface area contributed by atoms with Crippen molar-refractivity contribution < 1.29 is 17.9 Å². The van der Waals surface area contributed by atoms with Gasteiger partial charge in [0.25, 0.3) is 0 Å². The van der Waals surface area contributed by atoms with Crippen LogP contribution in [0.2, 0.25) is 0 Å². The van der Waals surface area contributed by atoms with Crippen molar-refractivity contribution in [1.29, 1.82) is 0 Å². The Kier molecular flexibility index (Phi) is 4.19. The number of nitrogens with one attached hydrogen (secondary N) is 2. The number of ether oxygens (including phenoxy) is 1. The van der Waals surface area contributed by atoms with Gasteiger partial charge in [-0.25, -0.2) is 13.2 Å². The number of carbonyl (C=O) groups is 1. The van der Waals surface area contributed by atoms with Crippen LogP contribution in [0.15, 0.2) is 21.2 Å². The summed E-state index contributed by atoms with van der Waals surface area (Å²) in [6.07, 6.45) is 0. The molecule has 2 aromatic heterocycles. The predicted molar refractivity (Wildman–Crippen MR) is 78.3 cm³/mol. The third-order valence-corrected chi connectivity index (χ3v) is 5.57. The number of hydrogen-bond acceptors (Lipinski definition) is 8. The van der Waals surface area contributed by atoms with Crippen molar-refractivity contribution in [2.75, 3.05) is 24.7 Å². The monoisotopic (exact) mass is 330 g/mol. The standard InChI is InChI=1S/C11H14N4O4S2/c1-3-19-11(16)7-8(9(12)15-14-7)21(17,18)6-4-5-20-10(6)13-2/h4-5,13H,3H2,1-2H3,(H3,12,14,15). The van der Waals surface area contributed by atoms with Gasteiger partial charge in [0.05, 0.1) is 6.61 Å². The van der Waals surface area contributed by atoms with E-state index in [1.165, 1.54) is 17.4 Å². The van der Waals surface area contributed by atoms with Gasteiger partial charge in [0.15, 0.2) is 11.5 Å². The van der Waals surface area contributed by atoms with E-state index in [4.69, 9.17) is 10.5 Å². The molecule has 10 heteroatoms. The minimum atomic E-state index is -3.99. The van der Waals surface area contributed by atoms with Crippen LogP contribution in [0, 0.1) is 0 Å². The first-order valence-electron chi connectivity index (χ1n) is 5.94. The fraction of sp³-hybridized carbons (Fsp3) is 0.273. The number of rotatable bonds is 5. The molecule has 0 aliphatic heterocycles. The summed E-state index contributed by atoms with van der Waals surface area (Å²) in [5.74, 6) is -1.09. The fourth-order valence-electron chi connectivity index (χ4n) is 1.76. The third kappa shape index (κ3) is 2.59. The Morgan fingerprint density at radius 2 is 2.29 bits per heavy atom. The number of H-pyrrole nitrogens is 1. The van der Waals surface area contributed by atoms with Crippen LogP contribution in [0.1, 0.15) is 17.4 Å². The molecule has 0 aromatic carbocycles. The summed E-state index contributed by atoms with van der Waals surface area (Å²) in [4.78, 5) is 11.5. The Labute approximate surface area is 125 Å². The molecule has 21 heavy (non-hydrogen) atoms. The van der Waals surface area contributed by atoms with Gasteiger partial charge in [-0.1, -0.05) is 0 Å². The highest BCUT2D eigenvalue weighted by molar-refractivity contribution is 7.92. The van der Waals surface area contributed by atoms with Gasteiger partial charge < -0.3 is 15.8 Å². The van der Waals surface area contributed by atoms with Gasteiger partial charge in [-0.3, -0.25) is 5.10 Å². The lowest BCUT2D eigenvalue weighted by atomic mass is 10.4. The molecule has 114 valence electrons. The number of aromatic amines is 1. The molecule has 0 atom stereocenters. The van der Waals surface area contributed by atoms with Crippen molar-refractivity contribution in [3.63, 3.8) is 0 Å². The van der Waals surface area contributed by atoms with Gasteiger partial charge >= 0.3 is 5.97 Å². The molecule has 0 aliphatic rings. The lowest BCUT2D eigenvalue weighted by Gasteiger charge is -2.06. The number of carbonyl (C=O) groups excluding carboxylic acids is 1. The number of sulfone groups is 1. The molecule has 2 aromatic rings. The number of nitrogens with zero attached hydrogens (tertiary/aromatic N) is 1. The number of nitrogens with two attached hydrogens (primary N) is 1. The van der Waals surface area contributed by atoms with Crippen molar-refractivity contribution in [3.8, 4) is 0 Å². The van der Waals surface area contributed by atoms with Crippen LogP contribution >= 0.6 is 11.3 Å². The van der Waals surface area contributed by atoms with E-state index in [0.29, 0.717) is 5.00 Å². The molecular weight excluding hydrogens is 316 g/mol. The number of thiophene rings is 1. The zero-order chi connectivity index (χ0) is 15.6. The molecule has 0 bridgehead atoms. The first-order chi connectivity index (χ1) is 9.93. The molecule has 2 heterocycles. The minimum absolute atomic E-state index is 0.0358. The Morgan fingerprint density at radius 1 is 1.57 bits per heavy atom. The summed E-state index contributed by atoms with van der Waals surface area (Å²) in [5, 5.41) is 10.8. The quantitative estimate of drug-likeness (QED) is 0.700. The second-order valence-corrected chi connectivity index (χ2v) is 6.67. The normalized spacial score (nSPS) is 11.3. The SMILES string of the molecule is CCOC(=O)c1[nH]nc(N)c1S(=O)(=O)c1ccsc1NC. The summed E-state index contributed by atoms with van der Waals surface area (Å²) in [6.45, 7) is 1.72. The number of esters is 1. The van der Waals surface area contributed by atoms with E-state index in [1.54, 1.807) is 19.4 Å². The lowest BCUT2D eigenvalue weighted by molar-refractivity contribution is 0.0515. The van der Waals surface area contributed by atoms with Gasteiger partial charge in [0.1, 0.15) is 14.8 Å². The van der Waals surface area contributed by atoms with Crippen LogP contribution < -0.4 is 11.1 Å². The van der Waals surface area contributed by atoms with E-state index in [2.05, 4.69) is 15.5 Å². The molecule has 0 fully saturated rings. The lowest BCUT2D eigenvalue weighted by Crippen LogP contribution is -2.13. The van der Waals surface area contributed by atoms with Crippen LogP contribution in [-0.2, 0) is 14.6 Å². The molecule has 8 nitrogen and oxygen atoms in total. The Bertz CT molecular complexity index is 763. The molecule has 4 N–H and O–H groups in total. The van der Waals surface area contributed by atoms with Crippen molar-refractivity contribution in [3.05, 3.63) is 17.1 Å². The largest absolute Gasteiger partial charge is 0.461 e. The third-order valence-electron chi connectivity index (χ3n) is 2.64. The summed E-state index contributed by atoms with van der Waals surface area (Å²) >= 11 is 1.23. The maximum atomic E-state index is 12.7. The van der Waals surface area contributed by atoms with E-state index in [-0.39, 0.29) is 27.9 Å². The Hall–Kier alpha value is -2.07. The summed E-state index contributed by atoms with van der Waals surface area (Å²) in [5.41, 5.74) is 5.34. The van der Waals surface area contributed by atoms with E-state index in [9.17, 15) is 13.2 Å². The average molecular weight is 330 g/mol. The average Bonchev–Trinajstić information content (AvgIpc) is 3.05. The summed E-state index contributed by atoms with van der Waals surface area (Å²) in [7, 11) is -2.38. The van der Waals surface area contributed by atoms with E-state index in [1.807, 2.05) is 0 Å². The molecular formula is C11H14N4O4S2. The first-order valence-corrected chi connectivity index (χ1v) is 8.31. The summed E-state index contributed by atoms with van der Waals surface area (Å²) < 4.78 is 30.2. The number of hydrogen-bond donors (Lipinski definition) is 3. The predicted octanol–water partition coefficient (Wildman–Crippen LogP) is 1.10. The topological polar surface area (TPSA) is 127 Å². The van der Waals surface area contributed by atoms with Gasteiger partial charge in [-0.05, 0) is 18.4 Å². The number of anilines is 2. The van der Waals surface area contributed by atoms with Crippen LogP contribution in [0.3, 0.4) is 0 Å². The van der Waals surface area contributed by atoms with E-state index >= 15 is 0 Å². The van der Waals surface area contributed by atoms with Crippen LogP contribution in [0.4, 0.5) is 10.8 Å². The molecule has 0 spiro atoms. The highest BCUT2D eigenvalue weighted by Crippen LogP contribution is 2.35.